The second-order valence-corrected chi connectivity index (χ2v) is 7.41. The van der Waals surface area contributed by atoms with Gasteiger partial charge in [-0.05, 0) is 48.6 Å². The zero-order valence-corrected chi connectivity index (χ0v) is 14.6. The molecule has 1 nitrogen and oxygen atoms in total. The van der Waals surface area contributed by atoms with Crippen LogP contribution in [0.5, 0.6) is 0 Å². The first-order valence-electron chi connectivity index (χ1n) is 9.04. The van der Waals surface area contributed by atoms with Gasteiger partial charge in [-0.15, -0.1) is 0 Å². The minimum absolute atomic E-state index is 0.00902. The fraction of sp³-hybridized carbons (Fsp3) is 0.381. The maximum atomic E-state index is 13.8. The van der Waals surface area contributed by atoms with E-state index in [-0.39, 0.29) is 23.0 Å². The fourth-order valence-corrected chi connectivity index (χ4v) is 3.77. The molecule has 0 saturated heterocycles. The SMILES string of the molecule is O=C(c1cccc(C2CC2)c1C(F)(F)F)c1cccc(C2CC2)c1C(F)(F)F. The highest BCUT2D eigenvalue weighted by molar-refractivity contribution is 6.11. The molecule has 0 heterocycles. The van der Waals surface area contributed by atoms with E-state index in [1.165, 1.54) is 24.3 Å². The highest BCUT2D eigenvalue weighted by atomic mass is 19.4. The zero-order chi connectivity index (χ0) is 20.3. The van der Waals surface area contributed by atoms with Crippen molar-refractivity contribution in [2.24, 2.45) is 0 Å². The van der Waals surface area contributed by atoms with Crippen molar-refractivity contribution in [3.8, 4) is 0 Å². The Morgan fingerprint density at radius 2 is 1.04 bits per heavy atom. The lowest BCUT2D eigenvalue weighted by Gasteiger charge is -2.20. The standard InChI is InChI=1S/C21H16F6O/c22-20(23,24)17-13(11-7-8-11)3-1-5-15(17)19(28)16-6-2-4-14(12-9-10-12)18(16)21(25,26)27/h1-6,11-12H,7-10H2. The molecule has 0 N–H and O–H groups in total. The highest BCUT2D eigenvalue weighted by Crippen LogP contribution is 2.49. The van der Waals surface area contributed by atoms with Crippen molar-refractivity contribution in [3.05, 3.63) is 69.8 Å². The first-order chi connectivity index (χ1) is 13.1. The van der Waals surface area contributed by atoms with Crippen molar-refractivity contribution in [2.75, 3.05) is 0 Å². The Morgan fingerprint density at radius 3 is 1.32 bits per heavy atom. The number of benzene rings is 2. The lowest BCUT2D eigenvalue weighted by Crippen LogP contribution is -2.20. The van der Waals surface area contributed by atoms with Crippen LogP contribution in [-0.2, 0) is 12.4 Å². The van der Waals surface area contributed by atoms with Gasteiger partial charge in [0.15, 0.2) is 5.78 Å². The van der Waals surface area contributed by atoms with Gasteiger partial charge in [-0.1, -0.05) is 36.4 Å². The van der Waals surface area contributed by atoms with Crippen molar-refractivity contribution in [2.45, 2.75) is 49.9 Å². The molecule has 7 heteroatoms. The maximum absolute atomic E-state index is 13.8. The summed E-state index contributed by atoms with van der Waals surface area (Å²) in [4.78, 5) is 13.0. The lowest BCUT2D eigenvalue weighted by atomic mass is 9.88. The van der Waals surface area contributed by atoms with Crippen LogP contribution in [0, 0.1) is 0 Å². The molecule has 148 valence electrons. The molecule has 0 radical (unpaired) electrons. The minimum atomic E-state index is -4.82. The van der Waals surface area contributed by atoms with Crippen LogP contribution >= 0.6 is 0 Å². The number of halogens is 6. The first kappa shape index (κ1) is 19.0. The van der Waals surface area contributed by atoms with Gasteiger partial charge in [0.1, 0.15) is 0 Å². The zero-order valence-electron chi connectivity index (χ0n) is 14.6. The molecule has 4 rings (SSSR count). The second-order valence-electron chi connectivity index (χ2n) is 7.41. The topological polar surface area (TPSA) is 17.1 Å². The van der Waals surface area contributed by atoms with Crippen molar-refractivity contribution >= 4 is 5.78 Å². The van der Waals surface area contributed by atoms with Gasteiger partial charge in [0.05, 0.1) is 11.1 Å². The Balaban J connectivity index is 1.90. The van der Waals surface area contributed by atoms with E-state index in [9.17, 15) is 31.1 Å². The van der Waals surface area contributed by atoms with E-state index in [0.717, 1.165) is 12.1 Å². The molecule has 2 aromatic carbocycles. The highest BCUT2D eigenvalue weighted by Gasteiger charge is 2.45. The third kappa shape index (κ3) is 3.42. The van der Waals surface area contributed by atoms with E-state index in [4.69, 9.17) is 0 Å². The summed E-state index contributed by atoms with van der Waals surface area (Å²) in [6, 6.07) is 7.19. The van der Waals surface area contributed by atoms with Crippen LogP contribution in [0.1, 0.15) is 75.7 Å². The largest absolute Gasteiger partial charge is 0.417 e. The smallest absolute Gasteiger partial charge is 0.289 e. The molecule has 0 spiro atoms. The fourth-order valence-electron chi connectivity index (χ4n) is 3.77. The normalized spacial score (nSPS) is 17.6. The van der Waals surface area contributed by atoms with Crippen LogP contribution < -0.4 is 0 Å². The van der Waals surface area contributed by atoms with E-state index in [1.54, 1.807) is 0 Å². The summed E-state index contributed by atoms with van der Waals surface area (Å²) in [6.07, 6.45) is -7.35. The second kappa shape index (κ2) is 6.36. The van der Waals surface area contributed by atoms with Gasteiger partial charge in [-0.2, -0.15) is 26.3 Å². The first-order valence-corrected chi connectivity index (χ1v) is 9.04. The van der Waals surface area contributed by atoms with Crippen LogP contribution in [0.2, 0.25) is 0 Å². The number of carbonyl (C=O) groups is 1. The molecule has 0 aliphatic heterocycles. The van der Waals surface area contributed by atoms with Gasteiger partial charge in [0, 0.05) is 11.1 Å². The van der Waals surface area contributed by atoms with Gasteiger partial charge in [-0.3, -0.25) is 4.79 Å². The van der Waals surface area contributed by atoms with Gasteiger partial charge in [0.2, 0.25) is 0 Å². The molecule has 0 amide bonds. The molecule has 0 bridgehead atoms. The van der Waals surface area contributed by atoms with E-state index < -0.39 is 40.4 Å². The Labute approximate surface area is 157 Å². The average Bonchev–Trinajstić information content (AvgIpc) is 3.50. The lowest BCUT2D eigenvalue weighted by molar-refractivity contribution is -0.138. The number of rotatable bonds is 4. The molecule has 2 fully saturated rings. The molecule has 2 aliphatic carbocycles. The summed E-state index contributed by atoms with van der Waals surface area (Å²) in [5, 5.41) is 0. The van der Waals surface area contributed by atoms with E-state index >= 15 is 0 Å². The number of hydrogen-bond donors (Lipinski definition) is 0. The summed E-state index contributed by atoms with van der Waals surface area (Å²) in [7, 11) is 0. The van der Waals surface area contributed by atoms with E-state index in [0.29, 0.717) is 25.7 Å². The molecular weight excluding hydrogens is 382 g/mol. The molecule has 0 aromatic heterocycles. The quantitative estimate of drug-likeness (QED) is 0.413. The van der Waals surface area contributed by atoms with E-state index in [1.807, 2.05) is 0 Å². The van der Waals surface area contributed by atoms with Crippen LogP contribution in [0.15, 0.2) is 36.4 Å². The maximum Gasteiger partial charge on any atom is 0.417 e. The number of hydrogen-bond acceptors (Lipinski definition) is 1. The average molecular weight is 398 g/mol. The summed E-state index contributed by atoms with van der Waals surface area (Å²) in [5.74, 6) is -1.84. The van der Waals surface area contributed by atoms with Gasteiger partial charge in [0.25, 0.3) is 0 Å². The molecule has 28 heavy (non-hydrogen) atoms. The van der Waals surface area contributed by atoms with Crippen LogP contribution in [0.3, 0.4) is 0 Å². The Kier molecular flexibility index (Phi) is 4.32. The van der Waals surface area contributed by atoms with Gasteiger partial charge >= 0.3 is 12.4 Å². The molecule has 0 atom stereocenters. The number of carbonyl (C=O) groups excluding carboxylic acids is 1. The Morgan fingerprint density at radius 1 is 0.679 bits per heavy atom. The number of alkyl halides is 6. The Hall–Kier alpha value is -2.31. The Bertz CT molecular complexity index is 857. The van der Waals surface area contributed by atoms with Crippen molar-refractivity contribution < 1.29 is 31.1 Å². The van der Waals surface area contributed by atoms with Crippen LogP contribution in [-0.4, -0.2) is 5.78 Å². The van der Waals surface area contributed by atoms with Crippen LogP contribution in [0.25, 0.3) is 0 Å². The summed E-state index contributed by atoms with van der Waals surface area (Å²) < 4.78 is 82.5. The van der Waals surface area contributed by atoms with E-state index in [2.05, 4.69) is 0 Å². The molecular formula is C21H16F6O. The molecule has 2 saturated carbocycles. The van der Waals surface area contributed by atoms with Crippen molar-refractivity contribution in [1.29, 1.82) is 0 Å². The van der Waals surface area contributed by atoms with Crippen molar-refractivity contribution in [1.82, 2.24) is 0 Å². The summed E-state index contributed by atoms with van der Waals surface area (Å²) >= 11 is 0. The summed E-state index contributed by atoms with van der Waals surface area (Å²) in [5.41, 5.74) is -3.65. The predicted octanol–water partition coefficient (Wildman–Crippen LogP) is 6.71. The van der Waals surface area contributed by atoms with Crippen molar-refractivity contribution in [3.63, 3.8) is 0 Å². The monoisotopic (exact) mass is 398 g/mol. The predicted molar refractivity (Wildman–Crippen MR) is 90.3 cm³/mol. The van der Waals surface area contributed by atoms with Gasteiger partial charge < -0.3 is 0 Å². The van der Waals surface area contributed by atoms with Crippen LogP contribution in [0.4, 0.5) is 26.3 Å². The third-order valence-corrected chi connectivity index (χ3v) is 5.28. The summed E-state index contributed by atoms with van der Waals surface area (Å²) in [6.45, 7) is 0. The molecule has 0 unspecified atom stereocenters. The molecule has 2 aromatic rings. The van der Waals surface area contributed by atoms with Gasteiger partial charge in [-0.25, -0.2) is 0 Å². The third-order valence-electron chi connectivity index (χ3n) is 5.28. The number of ketones is 1. The molecule has 2 aliphatic rings. The minimum Gasteiger partial charge on any atom is -0.289 e.